The molecule has 0 saturated carbocycles. The Balaban J connectivity index is 2.03. The second-order valence-corrected chi connectivity index (χ2v) is 6.21. The summed E-state index contributed by atoms with van der Waals surface area (Å²) in [5.74, 6) is 0.936. The number of pyridine rings is 2. The standard InChI is InChI=1S/C20H19N3/c1-12-13(2)15(4)18-10-22-20(9-17(18)14(12)3)23-8-6-16-5-7-21-11-19(16)23/h5-11H,1-4H3. The molecule has 0 fully saturated rings. The van der Waals surface area contributed by atoms with Gasteiger partial charge in [-0.25, -0.2) is 4.98 Å². The summed E-state index contributed by atoms with van der Waals surface area (Å²) in [4.78, 5) is 8.95. The van der Waals surface area contributed by atoms with Crippen molar-refractivity contribution in [3.63, 3.8) is 0 Å². The van der Waals surface area contributed by atoms with Gasteiger partial charge < -0.3 is 0 Å². The van der Waals surface area contributed by atoms with Crippen LogP contribution in [0.15, 0.2) is 43.0 Å². The molecule has 23 heavy (non-hydrogen) atoms. The highest BCUT2D eigenvalue weighted by Gasteiger charge is 2.11. The largest absolute Gasteiger partial charge is 0.300 e. The van der Waals surface area contributed by atoms with Crippen LogP contribution in [0.2, 0.25) is 0 Å². The van der Waals surface area contributed by atoms with Gasteiger partial charge in [0.05, 0.1) is 11.7 Å². The first kappa shape index (κ1) is 13.9. The molecular weight excluding hydrogens is 282 g/mol. The summed E-state index contributed by atoms with van der Waals surface area (Å²) >= 11 is 0. The molecule has 0 aliphatic carbocycles. The van der Waals surface area contributed by atoms with E-state index in [0.29, 0.717) is 0 Å². The molecule has 3 heteroatoms. The molecular formula is C20H19N3. The van der Waals surface area contributed by atoms with Gasteiger partial charge >= 0.3 is 0 Å². The van der Waals surface area contributed by atoms with Crippen LogP contribution in [0.4, 0.5) is 0 Å². The third-order valence-electron chi connectivity index (χ3n) is 5.13. The molecule has 4 aromatic rings. The monoisotopic (exact) mass is 301 g/mol. The average Bonchev–Trinajstić information content (AvgIpc) is 3.01. The number of rotatable bonds is 1. The summed E-state index contributed by atoms with van der Waals surface area (Å²) < 4.78 is 2.10. The van der Waals surface area contributed by atoms with E-state index in [1.165, 1.54) is 38.4 Å². The zero-order chi connectivity index (χ0) is 16.1. The van der Waals surface area contributed by atoms with Crippen molar-refractivity contribution < 1.29 is 0 Å². The molecule has 0 bridgehead atoms. The van der Waals surface area contributed by atoms with E-state index in [0.717, 1.165) is 11.3 Å². The van der Waals surface area contributed by atoms with Crippen molar-refractivity contribution in [1.82, 2.24) is 14.5 Å². The van der Waals surface area contributed by atoms with Gasteiger partial charge in [0.2, 0.25) is 0 Å². The molecule has 0 spiro atoms. The summed E-state index contributed by atoms with van der Waals surface area (Å²) in [6.45, 7) is 8.77. The highest BCUT2D eigenvalue weighted by molar-refractivity contribution is 5.91. The Morgan fingerprint density at radius 1 is 0.826 bits per heavy atom. The lowest BCUT2D eigenvalue weighted by atomic mass is 9.93. The number of hydrogen-bond donors (Lipinski definition) is 0. The van der Waals surface area contributed by atoms with Crippen molar-refractivity contribution in [1.29, 1.82) is 0 Å². The van der Waals surface area contributed by atoms with Crippen molar-refractivity contribution in [2.75, 3.05) is 0 Å². The first-order valence-electron chi connectivity index (χ1n) is 7.85. The summed E-state index contributed by atoms with van der Waals surface area (Å²) in [7, 11) is 0. The van der Waals surface area contributed by atoms with Gasteiger partial charge in [-0.3, -0.25) is 9.55 Å². The van der Waals surface area contributed by atoms with Crippen LogP contribution >= 0.6 is 0 Å². The van der Waals surface area contributed by atoms with Gasteiger partial charge in [-0.2, -0.15) is 0 Å². The van der Waals surface area contributed by atoms with Gasteiger partial charge in [0.15, 0.2) is 0 Å². The lowest BCUT2D eigenvalue weighted by molar-refractivity contribution is 1.04. The predicted molar refractivity (Wildman–Crippen MR) is 95.3 cm³/mol. The summed E-state index contributed by atoms with van der Waals surface area (Å²) in [5, 5.41) is 3.69. The minimum absolute atomic E-state index is 0.936. The van der Waals surface area contributed by atoms with Gasteiger partial charge in [0, 0.05) is 29.4 Å². The molecule has 0 unspecified atom stereocenters. The Kier molecular flexibility index (Phi) is 2.98. The van der Waals surface area contributed by atoms with E-state index < -0.39 is 0 Å². The first-order valence-corrected chi connectivity index (χ1v) is 7.85. The SMILES string of the molecule is Cc1c(C)c(C)c2cc(-n3ccc4ccncc43)ncc2c1C. The fourth-order valence-corrected chi connectivity index (χ4v) is 3.33. The number of aryl methyl sites for hydroxylation is 2. The second kappa shape index (κ2) is 4.92. The van der Waals surface area contributed by atoms with Crippen LogP contribution in [0, 0.1) is 27.7 Å². The minimum Gasteiger partial charge on any atom is -0.300 e. The highest BCUT2D eigenvalue weighted by Crippen LogP contribution is 2.30. The summed E-state index contributed by atoms with van der Waals surface area (Å²) in [6.07, 6.45) is 7.77. The van der Waals surface area contributed by atoms with Crippen LogP contribution in [0.3, 0.4) is 0 Å². The smallest absolute Gasteiger partial charge is 0.137 e. The molecule has 114 valence electrons. The quantitative estimate of drug-likeness (QED) is 0.505. The topological polar surface area (TPSA) is 30.7 Å². The maximum Gasteiger partial charge on any atom is 0.137 e. The molecule has 0 amide bonds. The van der Waals surface area contributed by atoms with Gasteiger partial charge in [-0.1, -0.05) is 0 Å². The number of hydrogen-bond acceptors (Lipinski definition) is 2. The molecule has 0 radical (unpaired) electrons. The van der Waals surface area contributed by atoms with Crippen molar-refractivity contribution in [2.24, 2.45) is 0 Å². The van der Waals surface area contributed by atoms with Crippen LogP contribution in [-0.4, -0.2) is 14.5 Å². The van der Waals surface area contributed by atoms with Gasteiger partial charge in [0.1, 0.15) is 5.82 Å². The maximum atomic E-state index is 4.71. The Morgan fingerprint density at radius 2 is 1.57 bits per heavy atom. The lowest BCUT2D eigenvalue weighted by Crippen LogP contribution is -1.99. The normalized spacial score (nSPS) is 11.5. The average molecular weight is 301 g/mol. The van der Waals surface area contributed by atoms with E-state index in [9.17, 15) is 0 Å². The molecule has 0 N–H and O–H groups in total. The Bertz CT molecular complexity index is 1060. The second-order valence-electron chi connectivity index (χ2n) is 6.21. The third-order valence-corrected chi connectivity index (χ3v) is 5.13. The molecule has 3 aromatic heterocycles. The molecule has 4 rings (SSSR count). The Labute approximate surface area is 135 Å². The van der Waals surface area contributed by atoms with Crippen LogP contribution in [0.5, 0.6) is 0 Å². The van der Waals surface area contributed by atoms with E-state index in [2.05, 4.69) is 55.6 Å². The fraction of sp³-hybridized carbons (Fsp3) is 0.200. The molecule has 0 aliphatic rings. The first-order chi connectivity index (χ1) is 11.1. The van der Waals surface area contributed by atoms with E-state index in [-0.39, 0.29) is 0 Å². The van der Waals surface area contributed by atoms with Crippen LogP contribution in [0.1, 0.15) is 22.3 Å². The zero-order valence-electron chi connectivity index (χ0n) is 13.9. The molecule has 3 heterocycles. The molecule has 0 atom stereocenters. The number of benzene rings is 1. The summed E-state index contributed by atoms with van der Waals surface area (Å²) in [6, 6.07) is 6.31. The zero-order valence-corrected chi connectivity index (χ0v) is 13.9. The van der Waals surface area contributed by atoms with Crippen molar-refractivity contribution in [2.45, 2.75) is 27.7 Å². The van der Waals surface area contributed by atoms with E-state index in [1.54, 1.807) is 0 Å². The molecule has 3 nitrogen and oxygen atoms in total. The van der Waals surface area contributed by atoms with Crippen LogP contribution in [-0.2, 0) is 0 Å². The molecule has 1 aromatic carbocycles. The van der Waals surface area contributed by atoms with Gasteiger partial charge in [0.25, 0.3) is 0 Å². The third kappa shape index (κ3) is 1.96. The van der Waals surface area contributed by atoms with Crippen molar-refractivity contribution in [3.05, 3.63) is 65.2 Å². The van der Waals surface area contributed by atoms with Crippen molar-refractivity contribution in [3.8, 4) is 5.82 Å². The number of aromatic nitrogens is 3. The fourth-order valence-electron chi connectivity index (χ4n) is 3.33. The van der Waals surface area contributed by atoms with E-state index in [4.69, 9.17) is 4.98 Å². The van der Waals surface area contributed by atoms with Gasteiger partial charge in [-0.15, -0.1) is 0 Å². The maximum absolute atomic E-state index is 4.71. The Morgan fingerprint density at radius 3 is 2.35 bits per heavy atom. The number of nitrogens with zero attached hydrogens (tertiary/aromatic N) is 3. The van der Waals surface area contributed by atoms with Crippen LogP contribution in [0.25, 0.3) is 27.5 Å². The van der Waals surface area contributed by atoms with Gasteiger partial charge in [-0.05, 0) is 73.5 Å². The minimum atomic E-state index is 0.936. The number of fused-ring (bicyclic) bond motifs is 2. The lowest BCUT2D eigenvalue weighted by Gasteiger charge is -2.15. The molecule has 0 aliphatic heterocycles. The van der Waals surface area contributed by atoms with Crippen LogP contribution < -0.4 is 0 Å². The Hall–Kier alpha value is -2.68. The highest BCUT2D eigenvalue weighted by atomic mass is 15.1. The molecule has 0 saturated heterocycles. The predicted octanol–water partition coefficient (Wildman–Crippen LogP) is 4.81. The van der Waals surface area contributed by atoms with E-state index in [1.807, 2.05) is 24.7 Å². The summed E-state index contributed by atoms with van der Waals surface area (Å²) in [5.41, 5.74) is 6.46. The van der Waals surface area contributed by atoms with Crippen molar-refractivity contribution >= 4 is 21.7 Å². The van der Waals surface area contributed by atoms with E-state index >= 15 is 0 Å².